The van der Waals surface area contributed by atoms with E-state index >= 15 is 0 Å². The number of amides is 1. The molecule has 1 aliphatic carbocycles. The predicted molar refractivity (Wildman–Crippen MR) is 84.1 cm³/mol. The standard InChI is InChI=1S/C16H22ClNO4/c1-10-8-11(6-7-12(10)17)22-9-15(20)18(2)13-4-3-5-14(19)16(13)21/h6-8,13-14,16,19,21H,3-5,9H2,1-2H3/t13-,14-,16-/m1/s1. The molecular formula is C16H22ClNO4. The summed E-state index contributed by atoms with van der Waals surface area (Å²) >= 11 is 5.94. The lowest BCUT2D eigenvalue weighted by Gasteiger charge is -2.37. The molecule has 1 aliphatic rings. The fourth-order valence-corrected chi connectivity index (χ4v) is 2.81. The number of carbonyl (C=O) groups excluding carboxylic acids is 1. The van der Waals surface area contributed by atoms with Gasteiger partial charge in [-0.3, -0.25) is 4.79 Å². The normalized spacial score (nSPS) is 24.9. The van der Waals surface area contributed by atoms with Crippen LogP contribution in [0.2, 0.25) is 5.02 Å². The van der Waals surface area contributed by atoms with Crippen molar-refractivity contribution in [3.05, 3.63) is 28.8 Å². The Morgan fingerprint density at radius 2 is 2.14 bits per heavy atom. The predicted octanol–water partition coefficient (Wildman–Crippen LogP) is 1.76. The molecule has 6 heteroatoms. The zero-order chi connectivity index (χ0) is 16.3. The molecule has 3 atom stereocenters. The molecule has 0 heterocycles. The third kappa shape index (κ3) is 3.91. The highest BCUT2D eigenvalue weighted by Gasteiger charge is 2.34. The molecule has 0 bridgehead atoms. The van der Waals surface area contributed by atoms with E-state index in [9.17, 15) is 15.0 Å². The van der Waals surface area contributed by atoms with Gasteiger partial charge in [0.2, 0.25) is 0 Å². The van der Waals surface area contributed by atoms with Gasteiger partial charge in [-0.25, -0.2) is 0 Å². The van der Waals surface area contributed by atoms with Gasteiger partial charge in [0.1, 0.15) is 11.9 Å². The SMILES string of the molecule is Cc1cc(OCC(=O)N(C)[C@@H]2CCC[C@@H](O)[C@@H]2O)ccc1Cl. The zero-order valence-corrected chi connectivity index (χ0v) is 13.6. The van der Waals surface area contributed by atoms with Gasteiger partial charge >= 0.3 is 0 Å². The summed E-state index contributed by atoms with van der Waals surface area (Å²) in [4.78, 5) is 13.7. The van der Waals surface area contributed by atoms with Crippen LogP contribution in [-0.4, -0.2) is 52.9 Å². The number of hydrogen-bond donors (Lipinski definition) is 2. The number of rotatable bonds is 4. The van der Waals surface area contributed by atoms with Crippen LogP contribution in [0.25, 0.3) is 0 Å². The summed E-state index contributed by atoms with van der Waals surface area (Å²) in [6.07, 6.45) is 0.368. The maximum absolute atomic E-state index is 12.2. The maximum atomic E-state index is 12.2. The smallest absolute Gasteiger partial charge is 0.260 e. The van der Waals surface area contributed by atoms with Crippen molar-refractivity contribution in [1.29, 1.82) is 0 Å². The van der Waals surface area contributed by atoms with Gasteiger partial charge in [0, 0.05) is 12.1 Å². The molecule has 1 aromatic rings. The Hall–Kier alpha value is -1.30. The van der Waals surface area contributed by atoms with Crippen LogP contribution in [-0.2, 0) is 4.79 Å². The summed E-state index contributed by atoms with van der Waals surface area (Å²) in [5.41, 5.74) is 0.880. The lowest BCUT2D eigenvalue weighted by molar-refractivity contribution is -0.140. The average molecular weight is 328 g/mol. The molecule has 1 aromatic carbocycles. The number of carbonyl (C=O) groups is 1. The van der Waals surface area contributed by atoms with Crippen LogP contribution in [0.3, 0.4) is 0 Å². The quantitative estimate of drug-likeness (QED) is 0.884. The van der Waals surface area contributed by atoms with E-state index in [1.54, 1.807) is 25.2 Å². The van der Waals surface area contributed by atoms with Crippen LogP contribution in [0.5, 0.6) is 5.75 Å². The highest BCUT2D eigenvalue weighted by molar-refractivity contribution is 6.31. The highest BCUT2D eigenvalue weighted by Crippen LogP contribution is 2.24. The third-order valence-corrected chi connectivity index (χ3v) is 4.59. The van der Waals surface area contributed by atoms with Gasteiger partial charge in [-0.05, 0) is 49.9 Å². The third-order valence-electron chi connectivity index (χ3n) is 4.17. The topological polar surface area (TPSA) is 70.0 Å². The Morgan fingerprint density at radius 3 is 2.82 bits per heavy atom. The average Bonchev–Trinajstić information content (AvgIpc) is 2.50. The number of ether oxygens (including phenoxy) is 1. The molecule has 0 spiro atoms. The van der Waals surface area contributed by atoms with E-state index in [-0.39, 0.29) is 18.6 Å². The monoisotopic (exact) mass is 327 g/mol. The molecule has 5 nitrogen and oxygen atoms in total. The van der Waals surface area contributed by atoms with Crippen LogP contribution in [0.4, 0.5) is 0 Å². The van der Waals surface area contributed by atoms with E-state index in [4.69, 9.17) is 16.3 Å². The van der Waals surface area contributed by atoms with Crippen LogP contribution >= 0.6 is 11.6 Å². The second-order valence-corrected chi connectivity index (χ2v) is 6.17. The number of nitrogens with zero attached hydrogens (tertiary/aromatic N) is 1. The number of likely N-dealkylation sites (N-methyl/N-ethyl adjacent to an activating group) is 1. The first-order valence-electron chi connectivity index (χ1n) is 7.41. The first-order valence-corrected chi connectivity index (χ1v) is 7.78. The van der Waals surface area contributed by atoms with E-state index in [1.165, 1.54) is 4.90 Å². The second-order valence-electron chi connectivity index (χ2n) is 5.76. The van der Waals surface area contributed by atoms with E-state index < -0.39 is 12.2 Å². The van der Waals surface area contributed by atoms with Crippen molar-refractivity contribution in [2.75, 3.05) is 13.7 Å². The fourth-order valence-electron chi connectivity index (χ4n) is 2.70. The van der Waals surface area contributed by atoms with Gasteiger partial charge in [0.25, 0.3) is 5.91 Å². The molecule has 0 radical (unpaired) electrons. The van der Waals surface area contributed by atoms with Crippen molar-refractivity contribution >= 4 is 17.5 Å². The minimum Gasteiger partial charge on any atom is -0.484 e. The molecule has 2 N–H and O–H groups in total. The fraction of sp³-hybridized carbons (Fsp3) is 0.562. The molecule has 1 saturated carbocycles. The highest BCUT2D eigenvalue weighted by atomic mass is 35.5. The van der Waals surface area contributed by atoms with Gasteiger partial charge in [0.05, 0.1) is 12.1 Å². The number of aryl methyl sites for hydroxylation is 1. The molecule has 122 valence electrons. The Labute approximate surface area is 135 Å². The van der Waals surface area contributed by atoms with Crippen molar-refractivity contribution in [3.63, 3.8) is 0 Å². The molecule has 0 unspecified atom stereocenters. The molecule has 1 fully saturated rings. The molecular weight excluding hydrogens is 306 g/mol. The Kier molecular flexibility index (Phi) is 5.67. The Balaban J connectivity index is 1.92. The van der Waals surface area contributed by atoms with Crippen LogP contribution in [0, 0.1) is 6.92 Å². The van der Waals surface area contributed by atoms with Crippen molar-refractivity contribution in [3.8, 4) is 5.75 Å². The molecule has 1 amide bonds. The summed E-state index contributed by atoms with van der Waals surface area (Å²) in [6.45, 7) is 1.75. The van der Waals surface area contributed by atoms with E-state index in [1.807, 2.05) is 6.92 Å². The summed E-state index contributed by atoms with van der Waals surface area (Å²) in [7, 11) is 1.63. The van der Waals surface area contributed by atoms with E-state index in [0.717, 1.165) is 12.0 Å². The first kappa shape index (κ1) is 17.1. The minimum absolute atomic E-state index is 0.114. The number of aliphatic hydroxyl groups is 2. The van der Waals surface area contributed by atoms with Crippen molar-refractivity contribution in [2.24, 2.45) is 0 Å². The van der Waals surface area contributed by atoms with Gasteiger partial charge in [-0.15, -0.1) is 0 Å². The van der Waals surface area contributed by atoms with Gasteiger partial charge in [-0.1, -0.05) is 11.6 Å². The lowest BCUT2D eigenvalue weighted by Crippen LogP contribution is -2.52. The molecule has 22 heavy (non-hydrogen) atoms. The number of hydrogen-bond acceptors (Lipinski definition) is 4. The van der Waals surface area contributed by atoms with Crippen LogP contribution in [0.1, 0.15) is 24.8 Å². The molecule has 0 aliphatic heterocycles. The maximum Gasteiger partial charge on any atom is 0.260 e. The molecule has 0 aromatic heterocycles. The Morgan fingerprint density at radius 1 is 1.41 bits per heavy atom. The lowest BCUT2D eigenvalue weighted by atomic mass is 9.89. The summed E-state index contributed by atoms with van der Waals surface area (Å²) < 4.78 is 5.48. The summed E-state index contributed by atoms with van der Waals surface area (Å²) in [5, 5.41) is 20.4. The van der Waals surface area contributed by atoms with E-state index in [2.05, 4.69) is 0 Å². The summed E-state index contributed by atoms with van der Waals surface area (Å²) in [5.74, 6) is 0.346. The first-order chi connectivity index (χ1) is 10.4. The second kappa shape index (κ2) is 7.31. The van der Waals surface area contributed by atoms with Crippen molar-refractivity contribution in [2.45, 2.75) is 44.4 Å². The zero-order valence-electron chi connectivity index (χ0n) is 12.8. The van der Waals surface area contributed by atoms with Gasteiger partial charge in [-0.2, -0.15) is 0 Å². The molecule has 0 saturated heterocycles. The van der Waals surface area contributed by atoms with Crippen molar-refractivity contribution in [1.82, 2.24) is 4.90 Å². The van der Waals surface area contributed by atoms with E-state index in [0.29, 0.717) is 23.6 Å². The minimum atomic E-state index is -0.902. The van der Waals surface area contributed by atoms with Crippen LogP contribution in [0.15, 0.2) is 18.2 Å². The van der Waals surface area contributed by atoms with Crippen molar-refractivity contribution < 1.29 is 19.7 Å². The number of halogens is 1. The number of benzene rings is 1. The number of aliphatic hydroxyl groups excluding tert-OH is 2. The molecule has 2 rings (SSSR count). The van der Waals surface area contributed by atoms with Gasteiger partial charge in [0.15, 0.2) is 6.61 Å². The van der Waals surface area contributed by atoms with Gasteiger partial charge < -0.3 is 19.8 Å². The largest absolute Gasteiger partial charge is 0.484 e. The summed E-state index contributed by atoms with van der Waals surface area (Å²) in [6, 6.07) is 4.84. The Bertz CT molecular complexity index is 537. The van der Waals surface area contributed by atoms with Crippen LogP contribution < -0.4 is 4.74 Å².